The Morgan fingerprint density at radius 3 is 2.80 bits per heavy atom. The highest BCUT2D eigenvalue weighted by molar-refractivity contribution is 7.88. The van der Waals surface area contributed by atoms with Gasteiger partial charge in [0.15, 0.2) is 0 Å². The number of anilines is 1. The van der Waals surface area contributed by atoms with E-state index in [1.807, 2.05) is 0 Å². The molecule has 5 heteroatoms. The molecule has 0 heterocycles. The van der Waals surface area contributed by atoms with Crippen molar-refractivity contribution in [3.8, 4) is 0 Å². The highest BCUT2D eigenvalue weighted by Crippen LogP contribution is 2.09. The molecule has 4 nitrogen and oxygen atoms in total. The highest BCUT2D eigenvalue weighted by atomic mass is 32.2. The lowest BCUT2D eigenvalue weighted by atomic mass is 10.2. The molecule has 0 aliphatic rings. The van der Waals surface area contributed by atoms with Crippen LogP contribution in [0, 0.1) is 0 Å². The first kappa shape index (κ1) is 11.7. The number of nitrogens with two attached hydrogens (primary N) is 1. The largest absolute Gasteiger partial charge is 0.399 e. The zero-order valence-corrected chi connectivity index (χ0v) is 9.13. The van der Waals surface area contributed by atoms with E-state index in [1.165, 1.54) is 6.08 Å². The molecule has 0 amide bonds. The van der Waals surface area contributed by atoms with Gasteiger partial charge in [-0.05, 0) is 17.7 Å². The lowest BCUT2D eigenvalue weighted by molar-refractivity contribution is 0.585. The van der Waals surface area contributed by atoms with Gasteiger partial charge < -0.3 is 5.73 Å². The van der Waals surface area contributed by atoms with Crippen molar-refractivity contribution in [3.05, 3.63) is 42.5 Å². The van der Waals surface area contributed by atoms with E-state index in [0.717, 1.165) is 0 Å². The number of nitrogens with one attached hydrogen (secondary N) is 1. The number of benzene rings is 1. The van der Waals surface area contributed by atoms with Gasteiger partial charge in [-0.15, -0.1) is 6.58 Å². The Kier molecular flexibility index (Phi) is 3.88. The van der Waals surface area contributed by atoms with E-state index in [-0.39, 0.29) is 12.3 Å². The summed E-state index contributed by atoms with van der Waals surface area (Å²) in [6, 6.07) is 6.82. The number of hydrogen-bond acceptors (Lipinski definition) is 3. The Morgan fingerprint density at radius 2 is 2.20 bits per heavy atom. The van der Waals surface area contributed by atoms with Crippen LogP contribution in [0.2, 0.25) is 0 Å². The molecule has 15 heavy (non-hydrogen) atoms. The summed E-state index contributed by atoms with van der Waals surface area (Å²) in [5.74, 6) is -0.0636. The van der Waals surface area contributed by atoms with Gasteiger partial charge >= 0.3 is 0 Å². The van der Waals surface area contributed by atoms with Gasteiger partial charge in [0.05, 0.1) is 5.75 Å². The predicted octanol–water partition coefficient (Wildman–Crippen LogP) is 0.874. The molecule has 1 aromatic carbocycles. The summed E-state index contributed by atoms with van der Waals surface area (Å²) < 4.78 is 25.3. The first-order valence-corrected chi connectivity index (χ1v) is 6.11. The molecule has 0 unspecified atom stereocenters. The molecule has 0 aliphatic heterocycles. The third-order valence-electron chi connectivity index (χ3n) is 1.76. The second kappa shape index (κ2) is 4.95. The molecule has 0 atom stereocenters. The van der Waals surface area contributed by atoms with E-state index >= 15 is 0 Å². The Labute approximate surface area is 89.9 Å². The maximum absolute atomic E-state index is 11.5. The Morgan fingerprint density at radius 1 is 1.47 bits per heavy atom. The van der Waals surface area contributed by atoms with Crippen LogP contribution in [0.3, 0.4) is 0 Å². The maximum Gasteiger partial charge on any atom is 0.216 e. The van der Waals surface area contributed by atoms with Crippen LogP contribution in [-0.4, -0.2) is 15.0 Å². The molecule has 3 N–H and O–H groups in total. The van der Waals surface area contributed by atoms with Crippen LogP contribution < -0.4 is 10.5 Å². The number of rotatable bonds is 5. The Bertz CT molecular complexity index is 440. The molecular formula is C10H14N2O2S. The normalized spacial score (nSPS) is 11.2. The Balaban J connectivity index is 2.73. The van der Waals surface area contributed by atoms with E-state index in [9.17, 15) is 8.42 Å². The molecule has 0 spiro atoms. The molecule has 0 radical (unpaired) electrons. The smallest absolute Gasteiger partial charge is 0.216 e. The fourth-order valence-electron chi connectivity index (χ4n) is 1.14. The van der Waals surface area contributed by atoms with Gasteiger partial charge in [-0.2, -0.15) is 0 Å². The number of nitrogen functional groups attached to an aromatic ring is 1. The summed E-state index contributed by atoms with van der Waals surface area (Å²) >= 11 is 0. The average Bonchev–Trinajstić information content (AvgIpc) is 2.14. The van der Waals surface area contributed by atoms with Crippen molar-refractivity contribution >= 4 is 15.7 Å². The molecule has 1 rings (SSSR count). The van der Waals surface area contributed by atoms with Gasteiger partial charge in [-0.25, -0.2) is 13.1 Å². The van der Waals surface area contributed by atoms with Crippen molar-refractivity contribution in [1.82, 2.24) is 4.72 Å². The minimum Gasteiger partial charge on any atom is -0.399 e. The van der Waals surface area contributed by atoms with Gasteiger partial charge in [0.25, 0.3) is 0 Å². The van der Waals surface area contributed by atoms with Crippen LogP contribution in [0.15, 0.2) is 36.9 Å². The van der Waals surface area contributed by atoms with Crippen molar-refractivity contribution < 1.29 is 8.42 Å². The summed E-state index contributed by atoms with van der Waals surface area (Å²) in [4.78, 5) is 0. The SMILES string of the molecule is C=CCNS(=O)(=O)Cc1cccc(N)c1. The summed E-state index contributed by atoms with van der Waals surface area (Å²) in [7, 11) is -3.29. The Hall–Kier alpha value is -1.33. The minimum absolute atomic E-state index is 0.0636. The first-order valence-electron chi connectivity index (χ1n) is 4.46. The monoisotopic (exact) mass is 226 g/mol. The van der Waals surface area contributed by atoms with Crippen LogP contribution in [0.25, 0.3) is 0 Å². The van der Waals surface area contributed by atoms with E-state index in [1.54, 1.807) is 24.3 Å². The van der Waals surface area contributed by atoms with Crippen LogP contribution in [0.1, 0.15) is 5.56 Å². The third kappa shape index (κ3) is 4.14. The van der Waals surface area contributed by atoms with E-state index in [0.29, 0.717) is 11.3 Å². The van der Waals surface area contributed by atoms with Crippen molar-refractivity contribution in [2.45, 2.75) is 5.75 Å². The summed E-state index contributed by atoms with van der Waals surface area (Å²) in [6.07, 6.45) is 1.50. The van der Waals surface area contributed by atoms with Crippen LogP contribution in [-0.2, 0) is 15.8 Å². The topological polar surface area (TPSA) is 72.2 Å². The van der Waals surface area contributed by atoms with Gasteiger partial charge in [-0.3, -0.25) is 0 Å². The fourth-order valence-corrected chi connectivity index (χ4v) is 2.23. The fraction of sp³-hybridized carbons (Fsp3) is 0.200. The molecular weight excluding hydrogens is 212 g/mol. The number of hydrogen-bond donors (Lipinski definition) is 2. The van der Waals surface area contributed by atoms with Crippen molar-refractivity contribution in [2.75, 3.05) is 12.3 Å². The molecule has 0 saturated carbocycles. The molecule has 0 fully saturated rings. The average molecular weight is 226 g/mol. The second-order valence-electron chi connectivity index (χ2n) is 3.14. The summed E-state index contributed by atoms with van der Waals surface area (Å²) in [5.41, 5.74) is 6.78. The van der Waals surface area contributed by atoms with Crippen molar-refractivity contribution in [2.24, 2.45) is 0 Å². The molecule has 0 aliphatic carbocycles. The van der Waals surface area contributed by atoms with Gasteiger partial charge in [-0.1, -0.05) is 18.2 Å². The van der Waals surface area contributed by atoms with Gasteiger partial charge in [0.1, 0.15) is 0 Å². The second-order valence-corrected chi connectivity index (χ2v) is 4.95. The zero-order chi connectivity index (χ0) is 11.3. The maximum atomic E-state index is 11.5. The molecule has 0 aromatic heterocycles. The molecule has 82 valence electrons. The quantitative estimate of drug-likeness (QED) is 0.578. The number of sulfonamides is 1. The van der Waals surface area contributed by atoms with Crippen molar-refractivity contribution in [3.63, 3.8) is 0 Å². The van der Waals surface area contributed by atoms with Gasteiger partial charge in [0.2, 0.25) is 10.0 Å². The lowest BCUT2D eigenvalue weighted by Crippen LogP contribution is -2.25. The van der Waals surface area contributed by atoms with E-state index in [4.69, 9.17) is 5.73 Å². The summed E-state index contributed by atoms with van der Waals surface area (Å²) in [5, 5.41) is 0. The van der Waals surface area contributed by atoms with Crippen LogP contribution >= 0.6 is 0 Å². The summed E-state index contributed by atoms with van der Waals surface area (Å²) in [6.45, 7) is 3.68. The van der Waals surface area contributed by atoms with E-state index in [2.05, 4.69) is 11.3 Å². The van der Waals surface area contributed by atoms with Crippen LogP contribution in [0.4, 0.5) is 5.69 Å². The molecule has 1 aromatic rings. The molecule has 0 saturated heterocycles. The third-order valence-corrected chi connectivity index (χ3v) is 3.08. The molecule has 0 bridgehead atoms. The van der Waals surface area contributed by atoms with Crippen LogP contribution in [0.5, 0.6) is 0 Å². The first-order chi connectivity index (χ1) is 7.03. The predicted molar refractivity (Wildman–Crippen MR) is 61.7 cm³/mol. The zero-order valence-electron chi connectivity index (χ0n) is 8.31. The van der Waals surface area contributed by atoms with Crippen molar-refractivity contribution in [1.29, 1.82) is 0 Å². The lowest BCUT2D eigenvalue weighted by Gasteiger charge is -2.05. The highest BCUT2D eigenvalue weighted by Gasteiger charge is 2.09. The minimum atomic E-state index is -3.29. The van der Waals surface area contributed by atoms with Gasteiger partial charge in [0, 0.05) is 12.2 Å². The standard InChI is InChI=1S/C10H14N2O2S/c1-2-6-12-15(13,14)8-9-4-3-5-10(11)7-9/h2-5,7,12H,1,6,8,11H2. The van der Waals surface area contributed by atoms with E-state index < -0.39 is 10.0 Å².